The van der Waals surface area contributed by atoms with Crippen molar-refractivity contribution in [1.29, 1.82) is 0 Å². The fourth-order valence-electron chi connectivity index (χ4n) is 21.0. The van der Waals surface area contributed by atoms with Gasteiger partial charge in [-0.3, -0.25) is 28.8 Å². The molecule has 6 aliphatic carbocycles. The molecule has 0 spiro atoms. The molecule has 9 aliphatic rings. The molecule has 18 atom stereocenters. The van der Waals surface area contributed by atoms with Crippen molar-refractivity contribution in [2.45, 2.75) is 138 Å². The average Bonchev–Trinajstić information content (AvgIpc) is 0.759. The Bertz CT molecular complexity index is 4800. The van der Waals surface area contributed by atoms with Crippen molar-refractivity contribution in [3.8, 4) is 0 Å². The van der Waals surface area contributed by atoms with Gasteiger partial charge in [-0.1, -0.05) is 115 Å². The first-order chi connectivity index (χ1) is 52.8. The molecule has 3 aromatic heterocycles. The normalized spacial score (nSPS) is 32.9. The molecule has 0 radical (unpaired) electrons. The van der Waals surface area contributed by atoms with Gasteiger partial charge in [-0.25, -0.2) is 14.4 Å². The number of hydrogen-bond donors (Lipinski definition) is 0. The van der Waals surface area contributed by atoms with Crippen LogP contribution >= 0.6 is 0 Å². The topological polar surface area (TPSA) is 276 Å². The number of furan rings is 3. The third kappa shape index (κ3) is 13.8. The van der Waals surface area contributed by atoms with Gasteiger partial charge < -0.3 is 55.9 Å². The number of hydrogen-bond acceptors (Lipinski definition) is 21. The molecule has 6 fully saturated rings. The molecular weight excluding hydrogens is 1420 g/mol. The zero-order valence-electron chi connectivity index (χ0n) is 64.8. The number of benzene rings is 3. The molecule has 21 nitrogen and oxygen atoms in total. The van der Waals surface area contributed by atoms with Crippen LogP contribution in [0.2, 0.25) is 0 Å². The molecule has 15 rings (SSSR count). The summed E-state index contributed by atoms with van der Waals surface area (Å²) in [6.07, 6.45) is 18.6. The van der Waals surface area contributed by atoms with E-state index in [1.807, 2.05) is 65.0 Å². The SMILES string of the molecule is C=C1O[C@H](c2ccoc2)C[C@]2(C)[C@H]3C(=O)C(OC(=O)c4ccc(C)cc4)=C[C@@H](C(=O)OC)[C@]3(C)CC[C@@H]12.C=C1O[C@H](c2ccoc2)C[C@]2(C)[C@H]3C(=O)C(OC(=O)c4cccc(C)c4)=C[C@@H](C(=O)OC)[C@]3(C)CC[C@@H]12.C=C1O[C@H](c2ccoc2)C[C@]2(C)[C@H]3C(=O)C(OC(=O)c4ccccc4C)=C[C@@H](C(=O)OC)[C@]3(C)CC[C@@H]12. The summed E-state index contributed by atoms with van der Waals surface area (Å²) in [6.45, 7) is 30.4. The summed E-state index contributed by atoms with van der Waals surface area (Å²) in [4.78, 5) is 121. The lowest BCUT2D eigenvalue weighted by molar-refractivity contribution is -0.176. The van der Waals surface area contributed by atoms with Crippen LogP contribution in [0.1, 0.15) is 182 Å². The first kappa shape index (κ1) is 78.3. The van der Waals surface area contributed by atoms with Gasteiger partial charge in [0.25, 0.3) is 0 Å². The summed E-state index contributed by atoms with van der Waals surface area (Å²) in [5, 5.41) is 0. The molecule has 0 N–H and O–H groups in total. The Hall–Kier alpha value is -10.8. The molecule has 6 heterocycles. The van der Waals surface area contributed by atoms with Crippen LogP contribution in [-0.2, 0) is 71.4 Å². The zero-order chi connectivity index (χ0) is 79.6. The van der Waals surface area contributed by atoms with Crippen LogP contribution in [0.5, 0.6) is 0 Å². The van der Waals surface area contributed by atoms with E-state index in [4.69, 9.17) is 55.9 Å². The molecule has 21 heteroatoms. The first-order valence-corrected chi connectivity index (χ1v) is 37.8. The highest BCUT2D eigenvalue weighted by Gasteiger charge is 2.69. The quantitative estimate of drug-likeness (QED) is 0.0813. The number of carbonyl (C=O) groups excluding carboxylic acids is 9. The number of allylic oxidation sites excluding steroid dienone is 6. The third-order valence-electron chi connectivity index (χ3n) is 26.4. The minimum Gasteiger partial charge on any atom is -0.490 e. The van der Waals surface area contributed by atoms with Crippen LogP contribution in [-0.4, -0.2) is 74.5 Å². The molecule has 0 amide bonds. The number of Topliss-reactive ketones (excluding diaryl/α,β-unsaturated/α-hetero) is 3. The van der Waals surface area contributed by atoms with Crippen molar-refractivity contribution in [2.24, 2.45) is 85.8 Å². The Balaban J connectivity index is 0.000000146. The minimum absolute atomic E-state index is 0.0943. The maximum Gasteiger partial charge on any atom is 0.343 e. The van der Waals surface area contributed by atoms with E-state index in [1.54, 1.807) is 105 Å². The monoisotopic (exact) mass is 1510 g/mol. The summed E-state index contributed by atoms with van der Waals surface area (Å²) < 4.78 is 67.2. The lowest BCUT2D eigenvalue weighted by atomic mass is 9.44. The van der Waals surface area contributed by atoms with Crippen molar-refractivity contribution < 1.29 is 99.0 Å². The van der Waals surface area contributed by atoms with Crippen molar-refractivity contribution in [2.75, 3.05) is 21.3 Å². The Kier molecular flexibility index (Phi) is 21.2. The smallest absolute Gasteiger partial charge is 0.343 e. The lowest BCUT2D eigenvalue weighted by Gasteiger charge is -2.60. The number of carbonyl (C=O) groups is 9. The number of aryl methyl sites for hydroxylation is 3. The molecule has 6 aromatic rings. The molecule has 582 valence electrons. The van der Waals surface area contributed by atoms with Crippen molar-refractivity contribution >= 4 is 53.2 Å². The Morgan fingerprint density at radius 1 is 0.405 bits per heavy atom. The summed E-state index contributed by atoms with van der Waals surface area (Å²) >= 11 is 0. The number of ether oxygens (including phenoxy) is 9. The van der Waals surface area contributed by atoms with Crippen LogP contribution in [0.4, 0.5) is 0 Å². The highest BCUT2D eigenvalue weighted by molar-refractivity contribution is 6.05. The molecule has 0 unspecified atom stereocenters. The number of methoxy groups -OCH3 is 3. The van der Waals surface area contributed by atoms with E-state index >= 15 is 0 Å². The third-order valence-corrected chi connectivity index (χ3v) is 26.4. The second-order valence-electron chi connectivity index (χ2n) is 33.0. The van der Waals surface area contributed by atoms with Gasteiger partial charge in [0.05, 0.1) is 111 Å². The summed E-state index contributed by atoms with van der Waals surface area (Å²) in [5.74, 6) is -6.97. The van der Waals surface area contributed by atoms with E-state index in [-0.39, 0.29) is 70.7 Å². The van der Waals surface area contributed by atoms with Gasteiger partial charge in [0.15, 0.2) is 17.3 Å². The first-order valence-electron chi connectivity index (χ1n) is 37.8. The largest absolute Gasteiger partial charge is 0.490 e. The predicted molar refractivity (Wildman–Crippen MR) is 402 cm³/mol. The standard InChI is InChI=1S/3C30H32O7/c1-17-6-8-19(9-7-17)27(32)37-23-14-22(28(33)34-5)29(3)12-10-21-18(2)36-24(20-11-13-35-16-20)15-30(21,4)26(29)25(23)31;1-17-7-6-8-19(13-17)27(32)37-23-14-22(28(33)34-5)29(3)11-9-21-18(2)36-24(20-10-12-35-16-20)15-30(21,4)26(29)25(23)31;1-17-8-6-7-9-20(17)27(32)37-23-14-22(28(33)34-5)29(3)12-10-21-18(2)36-24(19-11-13-35-16-19)15-30(21,4)26(29)25(23)31/h6-9,11,13-14,16,21-22,24,26H,2,10,12,15H2,1,3-5H3;6-8,10,12-14,16,21-22,24,26H,2,9,11,15H2,1,3-5H3;6-9,11,13-14,16,21-22,24,26H,2,10,12,15H2,1,3-5H3/t3*21-,22-,24-,26-,29-,30-/m000/s1. The fourth-order valence-corrected chi connectivity index (χ4v) is 21.0. The number of fused-ring (bicyclic) bond motifs is 9. The molecule has 111 heavy (non-hydrogen) atoms. The summed E-state index contributed by atoms with van der Waals surface area (Å²) in [7, 11) is 4.01. The molecular formula is C90H96O21. The van der Waals surface area contributed by atoms with Crippen molar-refractivity contribution in [3.63, 3.8) is 0 Å². The molecule has 3 aromatic carbocycles. The van der Waals surface area contributed by atoms with Gasteiger partial charge in [0.1, 0.15) is 18.3 Å². The second kappa shape index (κ2) is 30.1. The second-order valence-corrected chi connectivity index (χ2v) is 33.0. The van der Waals surface area contributed by atoms with Gasteiger partial charge in [0, 0.05) is 52.2 Å². The number of rotatable bonds is 12. The minimum atomic E-state index is -0.749. The van der Waals surface area contributed by atoms with E-state index in [1.165, 1.54) is 39.6 Å². The van der Waals surface area contributed by atoms with E-state index in [0.717, 1.165) is 33.4 Å². The van der Waals surface area contributed by atoms with Crippen LogP contribution in [0.15, 0.2) is 214 Å². The lowest BCUT2D eigenvalue weighted by Crippen LogP contribution is -2.60. The number of ketones is 3. The Morgan fingerprint density at radius 2 is 0.757 bits per heavy atom. The van der Waals surface area contributed by atoms with E-state index in [9.17, 15) is 43.2 Å². The van der Waals surface area contributed by atoms with E-state index in [0.29, 0.717) is 91.8 Å². The maximum atomic E-state index is 14.2. The van der Waals surface area contributed by atoms with Crippen LogP contribution in [0.3, 0.4) is 0 Å². The van der Waals surface area contributed by atoms with E-state index in [2.05, 4.69) is 40.5 Å². The van der Waals surface area contributed by atoms with Gasteiger partial charge in [-0.05, 0) is 183 Å². The maximum absolute atomic E-state index is 14.2. The average molecular weight is 1510 g/mol. The van der Waals surface area contributed by atoms with Gasteiger partial charge in [-0.15, -0.1) is 0 Å². The highest BCUT2D eigenvalue weighted by atomic mass is 16.6. The highest BCUT2D eigenvalue weighted by Crippen LogP contribution is 2.70. The van der Waals surface area contributed by atoms with Crippen molar-refractivity contribution in [1.82, 2.24) is 0 Å². The Labute approximate surface area is 645 Å². The van der Waals surface area contributed by atoms with Gasteiger partial charge >= 0.3 is 35.8 Å². The fraction of sp³-hybridized carbons (Fsp3) is 0.433. The van der Waals surface area contributed by atoms with Crippen LogP contribution in [0.25, 0.3) is 0 Å². The molecule has 3 saturated carbocycles. The van der Waals surface area contributed by atoms with Gasteiger partial charge in [0.2, 0.25) is 17.3 Å². The van der Waals surface area contributed by atoms with Gasteiger partial charge in [-0.2, -0.15) is 0 Å². The zero-order valence-corrected chi connectivity index (χ0v) is 64.8. The van der Waals surface area contributed by atoms with Crippen molar-refractivity contribution in [3.05, 3.63) is 251 Å². The van der Waals surface area contributed by atoms with Crippen LogP contribution in [0, 0.1) is 107 Å². The molecule has 3 aliphatic heterocycles. The van der Waals surface area contributed by atoms with Crippen LogP contribution < -0.4 is 0 Å². The summed E-state index contributed by atoms with van der Waals surface area (Å²) in [5.41, 5.74) is 2.24. The number of esters is 6. The van der Waals surface area contributed by atoms with E-state index < -0.39 is 104 Å². The predicted octanol–water partition coefficient (Wildman–Crippen LogP) is 17.1. The molecule has 3 saturated heterocycles. The summed E-state index contributed by atoms with van der Waals surface area (Å²) in [6, 6.07) is 26.5. The molecule has 0 bridgehead atoms. The Morgan fingerprint density at radius 3 is 1.09 bits per heavy atom.